The Morgan fingerprint density at radius 3 is 2.61 bits per heavy atom. The van der Waals surface area contributed by atoms with Gasteiger partial charge in [-0.15, -0.1) is 0 Å². The van der Waals surface area contributed by atoms with Gasteiger partial charge in [0.2, 0.25) is 0 Å². The molecule has 0 saturated carbocycles. The summed E-state index contributed by atoms with van der Waals surface area (Å²) >= 11 is 5.74. The van der Waals surface area contributed by atoms with Crippen molar-refractivity contribution in [3.05, 3.63) is 52.4 Å². The van der Waals surface area contributed by atoms with Gasteiger partial charge in [-0.3, -0.25) is 9.78 Å². The van der Waals surface area contributed by atoms with E-state index in [1.54, 1.807) is 25.1 Å². The third-order valence-corrected chi connectivity index (χ3v) is 2.86. The van der Waals surface area contributed by atoms with Gasteiger partial charge in [0.05, 0.1) is 10.7 Å². The average molecular weight is 264 g/mol. The van der Waals surface area contributed by atoms with Gasteiger partial charge in [-0.25, -0.2) is 4.39 Å². The first kappa shape index (κ1) is 12.7. The van der Waals surface area contributed by atoms with Crippen molar-refractivity contribution in [2.75, 3.05) is 0 Å². The lowest BCUT2D eigenvalue weighted by Gasteiger charge is -2.06. The van der Waals surface area contributed by atoms with Crippen LogP contribution in [0.3, 0.4) is 0 Å². The number of pyridine rings is 1. The number of nitrogens with zero attached hydrogens (tertiary/aromatic N) is 1. The minimum Gasteiger partial charge on any atom is -0.295 e. The Morgan fingerprint density at radius 2 is 2.00 bits per heavy atom. The Kier molecular flexibility index (Phi) is 3.43. The Balaban J connectivity index is 2.56. The van der Waals surface area contributed by atoms with Crippen LogP contribution in [0.2, 0.25) is 5.02 Å². The number of rotatable bonds is 2. The SMILES string of the molecule is CC(=O)c1cc(C)nc(-c2ccc(F)c(Cl)c2)c1. The first-order valence-corrected chi connectivity index (χ1v) is 5.80. The van der Waals surface area contributed by atoms with E-state index in [0.717, 1.165) is 5.69 Å². The Labute approximate surface area is 109 Å². The highest BCUT2D eigenvalue weighted by Crippen LogP contribution is 2.24. The van der Waals surface area contributed by atoms with Crippen molar-refractivity contribution in [2.45, 2.75) is 13.8 Å². The summed E-state index contributed by atoms with van der Waals surface area (Å²) in [7, 11) is 0. The van der Waals surface area contributed by atoms with Gasteiger partial charge in [0.25, 0.3) is 0 Å². The molecule has 1 aromatic carbocycles. The van der Waals surface area contributed by atoms with Gasteiger partial charge in [0.1, 0.15) is 5.82 Å². The van der Waals surface area contributed by atoms with Gasteiger partial charge in [-0.2, -0.15) is 0 Å². The van der Waals surface area contributed by atoms with Crippen LogP contribution in [0.5, 0.6) is 0 Å². The summed E-state index contributed by atoms with van der Waals surface area (Å²) in [5, 5.41) is 0.0418. The molecule has 0 aliphatic heterocycles. The molecule has 2 rings (SSSR count). The molecule has 0 fully saturated rings. The first-order valence-electron chi connectivity index (χ1n) is 5.42. The standard InChI is InChI=1S/C14H11ClFNO/c1-8-5-11(9(2)18)7-14(17-8)10-3-4-13(16)12(15)6-10/h3-7H,1-2H3. The molecule has 0 bridgehead atoms. The van der Waals surface area contributed by atoms with Crippen LogP contribution >= 0.6 is 11.6 Å². The maximum Gasteiger partial charge on any atom is 0.159 e. The number of Topliss-reactive ketones (excluding diaryl/α,β-unsaturated/α-hetero) is 1. The van der Waals surface area contributed by atoms with E-state index < -0.39 is 5.82 Å². The fourth-order valence-corrected chi connectivity index (χ4v) is 1.86. The van der Waals surface area contributed by atoms with Crippen molar-refractivity contribution in [3.8, 4) is 11.3 Å². The monoisotopic (exact) mass is 263 g/mol. The summed E-state index contributed by atoms with van der Waals surface area (Å²) in [4.78, 5) is 15.7. The lowest BCUT2D eigenvalue weighted by atomic mass is 10.1. The van der Waals surface area contributed by atoms with Crippen molar-refractivity contribution < 1.29 is 9.18 Å². The zero-order chi connectivity index (χ0) is 13.3. The van der Waals surface area contributed by atoms with Crippen molar-refractivity contribution in [2.24, 2.45) is 0 Å². The molecule has 0 radical (unpaired) electrons. The van der Waals surface area contributed by atoms with Gasteiger partial charge in [0.15, 0.2) is 5.78 Å². The smallest absolute Gasteiger partial charge is 0.159 e. The van der Waals surface area contributed by atoms with E-state index in [-0.39, 0.29) is 10.8 Å². The normalized spacial score (nSPS) is 10.4. The third kappa shape index (κ3) is 2.57. The van der Waals surface area contributed by atoms with Crippen molar-refractivity contribution in [1.82, 2.24) is 4.98 Å². The van der Waals surface area contributed by atoms with Crippen LogP contribution in [0.4, 0.5) is 4.39 Å². The number of aromatic nitrogens is 1. The average Bonchev–Trinajstić information content (AvgIpc) is 2.31. The topological polar surface area (TPSA) is 30.0 Å². The molecule has 0 spiro atoms. The molecule has 4 heteroatoms. The number of hydrogen-bond acceptors (Lipinski definition) is 2. The predicted molar refractivity (Wildman–Crippen MR) is 69.4 cm³/mol. The molecule has 18 heavy (non-hydrogen) atoms. The number of aryl methyl sites for hydroxylation is 1. The minimum atomic E-state index is -0.472. The second-order valence-electron chi connectivity index (χ2n) is 4.07. The number of halogens is 2. The molecular formula is C14H11ClFNO. The van der Waals surface area contributed by atoms with Crippen molar-refractivity contribution in [1.29, 1.82) is 0 Å². The number of ketones is 1. The second-order valence-corrected chi connectivity index (χ2v) is 4.47. The molecule has 2 aromatic rings. The van der Waals surface area contributed by atoms with Gasteiger partial charge in [-0.05, 0) is 44.2 Å². The van der Waals surface area contributed by atoms with Crippen molar-refractivity contribution in [3.63, 3.8) is 0 Å². The molecule has 0 saturated heterocycles. The number of carbonyl (C=O) groups is 1. The maximum absolute atomic E-state index is 13.1. The van der Waals surface area contributed by atoms with E-state index >= 15 is 0 Å². The molecule has 92 valence electrons. The lowest BCUT2D eigenvalue weighted by molar-refractivity contribution is 0.101. The van der Waals surface area contributed by atoms with Crippen LogP contribution in [0.15, 0.2) is 30.3 Å². The van der Waals surface area contributed by atoms with Crippen LogP contribution in [0.25, 0.3) is 11.3 Å². The van der Waals surface area contributed by atoms with Gasteiger partial charge >= 0.3 is 0 Å². The van der Waals surface area contributed by atoms with E-state index in [1.165, 1.54) is 19.1 Å². The highest BCUT2D eigenvalue weighted by molar-refractivity contribution is 6.31. The number of carbonyl (C=O) groups excluding carboxylic acids is 1. The number of hydrogen-bond donors (Lipinski definition) is 0. The molecule has 0 atom stereocenters. The quantitative estimate of drug-likeness (QED) is 0.765. The van der Waals surface area contributed by atoms with E-state index in [0.29, 0.717) is 16.8 Å². The van der Waals surface area contributed by atoms with E-state index in [2.05, 4.69) is 4.98 Å². The minimum absolute atomic E-state index is 0.0324. The van der Waals surface area contributed by atoms with Crippen LogP contribution in [-0.2, 0) is 0 Å². The van der Waals surface area contributed by atoms with Crippen LogP contribution < -0.4 is 0 Å². The van der Waals surface area contributed by atoms with Crippen LogP contribution in [-0.4, -0.2) is 10.8 Å². The van der Waals surface area contributed by atoms with E-state index in [4.69, 9.17) is 11.6 Å². The van der Waals surface area contributed by atoms with Crippen molar-refractivity contribution >= 4 is 17.4 Å². The van der Waals surface area contributed by atoms with Crippen LogP contribution in [0.1, 0.15) is 23.0 Å². The second kappa shape index (κ2) is 4.86. The largest absolute Gasteiger partial charge is 0.295 e. The molecular weight excluding hydrogens is 253 g/mol. The Morgan fingerprint density at radius 1 is 1.28 bits per heavy atom. The molecule has 0 amide bonds. The molecule has 0 N–H and O–H groups in total. The zero-order valence-corrected chi connectivity index (χ0v) is 10.8. The van der Waals surface area contributed by atoms with E-state index in [1.807, 2.05) is 0 Å². The lowest BCUT2D eigenvalue weighted by Crippen LogP contribution is -1.97. The fraction of sp³-hybridized carbons (Fsp3) is 0.143. The summed E-state index contributed by atoms with van der Waals surface area (Å²) in [6.45, 7) is 3.30. The summed E-state index contributed by atoms with van der Waals surface area (Å²) in [6.07, 6.45) is 0. The van der Waals surface area contributed by atoms with Gasteiger partial charge in [0, 0.05) is 16.8 Å². The molecule has 1 aromatic heterocycles. The maximum atomic E-state index is 13.1. The molecule has 0 aliphatic carbocycles. The first-order chi connectivity index (χ1) is 8.47. The summed E-state index contributed by atoms with van der Waals surface area (Å²) in [6, 6.07) is 7.78. The summed E-state index contributed by atoms with van der Waals surface area (Å²) in [5.74, 6) is -0.505. The van der Waals surface area contributed by atoms with Gasteiger partial charge < -0.3 is 0 Å². The molecule has 2 nitrogen and oxygen atoms in total. The summed E-state index contributed by atoms with van der Waals surface area (Å²) < 4.78 is 13.1. The molecule has 1 heterocycles. The predicted octanol–water partition coefficient (Wildman–Crippen LogP) is 4.05. The highest BCUT2D eigenvalue weighted by atomic mass is 35.5. The molecule has 0 unspecified atom stereocenters. The van der Waals surface area contributed by atoms with Crippen LogP contribution in [0, 0.1) is 12.7 Å². The van der Waals surface area contributed by atoms with E-state index in [9.17, 15) is 9.18 Å². The zero-order valence-electron chi connectivity index (χ0n) is 10.00. The number of benzene rings is 1. The van der Waals surface area contributed by atoms with Gasteiger partial charge in [-0.1, -0.05) is 11.6 Å². The summed E-state index contributed by atoms with van der Waals surface area (Å²) in [5.41, 5.74) is 2.62. The molecule has 0 aliphatic rings. The Bertz CT molecular complexity index is 625. The Hall–Kier alpha value is -1.74. The third-order valence-electron chi connectivity index (χ3n) is 2.58. The highest BCUT2D eigenvalue weighted by Gasteiger charge is 2.08. The fourth-order valence-electron chi connectivity index (χ4n) is 1.68.